The molecular formula is C34H39F2N5O3. The molecule has 1 saturated heterocycles. The van der Waals surface area contributed by atoms with Gasteiger partial charge in [-0.05, 0) is 88.6 Å². The van der Waals surface area contributed by atoms with Crippen molar-refractivity contribution in [3.05, 3.63) is 65.3 Å². The molecule has 232 valence electrons. The summed E-state index contributed by atoms with van der Waals surface area (Å²) in [5, 5.41) is 4.12. The van der Waals surface area contributed by atoms with Crippen LogP contribution in [0, 0.1) is 31.4 Å². The fraction of sp³-hybridized carbons (Fsp3) is 0.471. The highest BCUT2D eigenvalue weighted by atomic mass is 19.2. The second-order valence-corrected chi connectivity index (χ2v) is 12.3. The molecule has 0 N–H and O–H groups in total. The predicted octanol–water partition coefficient (Wildman–Crippen LogP) is 7.44. The molecule has 4 aromatic rings. The molecule has 2 aliphatic rings. The fourth-order valence-electron chi connectivity index (χ4n) is 7.20. The second kappa shape index (κ2) is 12.1. The molecule has 8 nitrogen and oxygen atoms in total. The van der Waals surface area contributed by atoms with Gasteiger partial charge in [0, 0.05) is 49.3 Å². The number of aromatic nitrogens is 3. The quantitative estimate of drug-likeness (QED) is 0.219. The number of amides is 2. The topological polar surface area (TPSA) is 84.5 Å². The molecule has 0 spiro atoms. The number of carbonyl (C=O) groups excluding carboxylic acids is 2. The van der Waals surface area contributed by atoms with Crippen molar-refractivity contribution in [2.24, 2.45) is 5.92 Å². The van der Waals surface area contributed by atoms with Crippen molar-refractivity contribution in [2.45, 2.75) is 84.2 Å². The molecule has 10 heteroatoms. The third-order valence-corrected chi connectivity index (χ3v) is 9.31. The number of carbonyl (C=O) groups is 2. The summed E-state index contributed by atoms with van der Waals surface area (Å²) >= 11 is 0. The number of benzene rings is 2. The van der Waals surface area contributed by atoms with Crippen molar-refractivity contribution < 1.29 is 22.9 Å². The zero-order valence-corrected chi connectivity index (χ0v) is 25.8. The molecule has 0 radical (unpaired) electrons. The Balaban J connectivity index is 1.43. The van der Waals surface area contributed by atoms with E-state index in [4.69, 9.17) is 9.51 Å². The number of fused-ring (bicyclic) bond motifs is 1. The van der Waals surface area contributed by atoms with E-state index >= 15 is 0 Å². The van der Waals surface area contributed by atoms with E-state index in [9.17, 15) is 18.4 Å². The molecule has 1 atom stereocenters. The van der Waals surface area contributed by atoms with Gasteiger partial charge in [-0.1, -0.05) is 18.1 Å². The Morgan fingerprint density at radius 3 is 2.50 bits per heavy atom. The smallest absolute Gasteiger partial charge is 0.227 e. The van der Waals surface area contributed by atoms with Gasteiger partial charge in [0.1, 0.15) is 11.6 Å². The highest BCUT2D eigenvalue weighted by Gasteiger charge is 2.37. The number of rotatable bonds is 7. The average Bonchev–Trinajstić information content (AvgIpc) is 3.56. The summed E-state index contributed by atoms with van der Waals surface area (Å²) in [5.41, 5.74) is 4.70. The van der Waals surface area contributed by atoms with E-state index in [0.29, 0.717) is 24.9 Å². The highest BCUT2D eigenvalue weighted by molar-refractivity contribution is 5.95. The van der Waals surface area contributed by atoms with Crippen LogP contribution in [0.15, 0.2) is 40.9 Å². The van der Waals surface area contributed by atoms with Gasteiger partial charge in [-0.3, -0.25) is 9.59 Å². The monoisotopic (exact) mass is 603 g/mol. The van der Waals surface area contributed by atoms with Crippen molar-refractivity contribution in [3.8, 4) is 11.1 Å². The zero-order chi connectivity index (χ0) is 31.1. The molecule has 0 bridgehead atoms. The number of anilines is 1. The van der Waals surface area contributed by atoms with Crippen LogP contribution in [0.2, 0.25) is 0 Å². The minimum atomic E-state index is -0.992. The lowest BCUT2D eigenvalue weighted by molar-refractivity contribution is -0.135. The Morgan fingerprint density at radius 1 is 1.05 bits per heavy atom. The first kappa shape index (κ1) is 30.0. The molecule has 2 fully saturated rings. The number of hydrogen-bond donors (Lipinski definition) is 0. The number of imidazole rings is 1. The Bertz CT molecular complexity index is 1680. The van der Waals surface area contributed by atoms with Crippen LogP contribution in [0.3, 0.4) is 0 Å². The molecule has 2 aromatic carbocycles. The first-order valence-electron chi connectivity index (χ1n) is 15.6. The van der Waals surface area contributed by atoms with E-state index in [-0.39, 0.29) is 23.8 Å². The van der Waals surface area contributed by atoms with Crippen molar-refractivity contribution in [2.75, 3.05) is 18.5 Å². The van der Waals surface area contributed by atoms with E-state index < -0.39 is 17.7 Å². The van der Waals surface area contributed by atoms with Crippen LogP contribution in [0.25, 0.3) is 22.2 Å². The van der Waals surface area contributed by atoms with Crippen LogP contribution < -0.4 is 4.90 Å². The molecule has 1 aliphatic heterocycles. The first-order chi connectivity index (χ1) is 21.2. The van der Waals surface area contributed by atoms with E-state index in [1.54, 1.807) is 4.90 Å². The Labute approximate surface area is 256 Å². The summed E-state index contributed by atoms with van der Waals surface area (Å²) in [6.45, 7) is 6.61. The van der Waals surface area contributed by atoms with Gasteiger partial charge in [0.25, 0.3) is 0 Å². The standard InChI is InChI=1S/C34H39F2N5O3/c1-5-17-39(4)34(43)22-9-12-24(13-10-22)41-29-16-11-23(32-20(2)38-44-21(32)3)18-28(29)37-33(41)30-7-6-8-31(42)40(30)25-14-15-26(35)27(36)19-25/h11,14-16,18-19,22,24,30H,5-10,12-13,17H2,1-4H3/t22-,24-,30-/m0/s1. The van der Waals surface area contributed by atoms with E-state index in [0.717, 1.165) is 90.2 Å². The summed E-state index contributed by atoms with van der Waals surface area (Å²) in [7, 11) is 1.88. The lowest BCUT2D eigenvalue weighted by atomic mass is 9.84. The van der Waals surface area contributed by atoms with Crippen LogP contribution in [0.5, 0.6) is 0 Å². The lowest BCUT2D eigenvalue weighted by Gasteiger charge is -2.38. The molecule has 1 saturated carbocycles. The third-order valence-electron chi connectivity index (χ3n) is 9.31. The van der Waals surface area contributed by atoms with E-state index in [2.05, 4.69) is 22.7 Å². The average molecular weight is 604 g/mol. The van der Waals surface area contributed by atoms with Gasteiger partial charge < -0.3 is 18.9 Å². The molecule has 0 unspecified atom stereocenters. The summed E-state index contributed by atoms with van der Waals surface area (Å²) in [4.78, 5) is 35.1. The zero-order valence-electron chi connectivity index (χ0n) is 25.8. The largest absolute Gasteiger partial charge is 0.361 e. The van der Waals surface area contributed by atoms with Crippen LogP contribution in [-0.2, 0) is 9.59 Å². The third kappa shape index (κ3) is 5.39. The molecular weight excluding hydrogens is 564 g/mol. The molecule has 3 heterocycles. The Hall–Kier alpha value is -4.08. The van der Waals surface area contributed by atoms with Gasteiger partial charge in [0.15, 0.2) is 11.6 Å². The normalized spacial score (nSPS) is 20.8. The maximum Gasteiger partial charge on any atom is 0.227 e. The lowest BCUT2D eigenvalue weighted by Crippen LogP contribution is -2.40. The molecule has 44 heavy (non-hydrogen) atoms. The van der Waals surface area contributed by atoms with Crippen LogP contribution >= 0.6 is 0 Å². The van der Waals surface area contributed by atoms with Gasteiger partial charge >= 0.3 is 0 Å². The minimum absolute atomic E-state index is 0.0119. The highest BCUT2D eigenvalue weighted by Crippen LogP contribution is 2.42. The minimum Gasteiger partial charge on any atom is -0.361 e. The van der Waals surface area contributed by atoms with Crippen molar-refractivity contribution in [3.63, 3.8) is 0 Å². The first-order valence-corrected chi connectivity index (χ1v) is 15.6. The maximum atomic E-state index is 14.4. The summed E-state index contributed by atoms with van der Waals surface area (Å²) < 4.78 is 36.0. The van der Waals surface area contributed by atoms with Crippen LogP contribution in [0.1, 0.15) is 87.7 Å². The summed E-state index contributed by atoms with van der Waals surface area (Å²) in [6.07, 6.45) is 5.69. The Morgan fingerprint density at radius 2 is 1.82 bits per heavy atom. The van der Waals surface area contributed by atoms with Crippen LogP contribution in [0.4, 0.5) is 14.5 Å². The molecule has 2 aromatic heterocycles. The van der Waals surface area contributed by atoms with Gasteiger partial charge in [-0.25, -0.2) is 13.8 Å². The second-order valence-electron chi connectivity index (χ2n) is 12.3. The molecule has 1 aliphatic carbocycles. The number of aryl methyl sites for hydroxylation is 2. The van der Waals surface area contributed by atoms with Gasteiger partial charge in [-0.2, -0.15) is 0 Å². The van der Waals surface area contributed by atoms with Crippen molar-refractivity contribution in [1.29, 1.82) is 0 Å². The SMILES string of the molecule is CCCN(C)C(=O)[C@H]1CC[C@H](n2c([C@@H]3CCCC(=O)N3c3ccc(F)c(F)c3)nc3cc(-c4c(C)noc4C)ccc32)CC1. The molecule has 2 amide bonds. The maximum absolute atomic E-state index is 14.4. The predicted molar refractivity (Wildman–Crippen MR) is 164 cm³/mol. The van der Waals surface area contributed by atoms with E-state index in [1.807, 2.05) is 37.9 Å². The fourth-order valence-corrected chi connectivity index (χ4v) is 7.20. The van der Waals surface area contributed by atoms with Crippen LogP contribution in [-0.4, -0.2) is 45.0 Å². The van der Waals surface area contributed by atoms with Crippen molar-refractivity contribution in [1.82, 2.24) is 19.6 Å². The summed E-state index contributed by atoms with van der Waals surface area (Å²) in [5.74, 6) is -0.449. The van der Waals surface area contributed by atoms with E-state index in [1.165, 1.54) is 6.07 Å². The van der Waals surface area contributed by atoms with Gasteiger partial charge in [-0.15, -0.1) is 0 Å². The molecule has 6 rings (SSSR count). The summed E-state index contributed by atoms with van der Waals surface area (Å²) in [6, 6.07) is 9.38. The van der Waals surface area contributed by atoms with Crippen molar-refractivity contribution >= 4 is 28.5 Å². The van der Waals surface area contributed by atoms with Gasteiger partial charge in [0.2, 0.25) is 11.8 Å². The number of nitrogens with zero attached hydrogens (tertiary/aromatic N) is 5. The number of halogens is 2. The van der Waals surface area contributed by atoms with Gasteiger partial charge in [0.05, 0.1) is 22.8 Å². The number of piperidine rings is 1. The Kier molecular flexibility index (Phi) is 8.26. The number of hydrogen-bond acceptors (Lipinski definition) is 5.